The SMILES string of the molecule is CN(C)CCNC(=O)c1cccc(-c2csc(NC(=O)C3(C)CC4c5ccccc5C3c3ccccc34)n2)c1. The second-order valence-electron chi connectivity index (χ2n) is 11.0. The number of nitrogens with one attached hydrogen (secondary N) is 2. The average molecular weight is 537 g/mol. The van der Waals surface area contributed by atoms with Gasteiger partial charge in [0.05, 0.1) is 11.1 Å². The van der Waals surface area contributed by atoms with Crippen molar-refractivity contribution in [2.75, 3.05) is 32.5 Å². The predicted octanol–water partition coefficient (Wildman–Crippen LogP) is 5.73. The minimum atomic E-state index is -0.593. The molecule has 7 heteroatoms. The molecule has 3 aliphatic rings. The number of nitrogens with zero attached hydrogens (tertiary/aromatic N) is 2. The maximum Gasteiger partial charge on any atom is 0.251 e. The fraction of sp³-hybridized carbons (Fsp3) is 0.281. The Morgan fingerprint density at radius 2 is 1.64 bits per heavy atom. The molecule has 1 unspecified atom stereocenters. The van der Waals surface area contributed by atoms with Crippen LogP contribution in [-0.2, 0) is 4.79 Å². The monoisotopic (exact) mass is 536 g/mol. The van der Waals surface area contributed by atoms with E-state index in [1.54, 1.807) is 6.07 Å². The van der Waals surface area contributed by atoms with Crippen molar-refractivity contribution in [3.8, 4) is 11.3 Å². The molecular weight excluding hydrogens is 504 g/mol. The van der Waals surface area contributed by atoms with Gasteiger partial charge in [0.25, 0.3) is 5.91 Å². The summed E-state index contributed by atoms with van der Waals surface area (Å²) in [4.78, 5) is 33.3. The van der Waals surface area contributed by atoms with E-state index < -0.39 is 5.41 Å². The highest BCUT2D eigenvalue weighted by molar-refractivity contribution is 7.14. The van der Waals surface area contributed by atoms with E-state index in [1.165, 1.54) is 33.6 Å². The van der Waals surface area contributed by atoms with Gasteiger partial charge >= 0.3 is 0 Å². The zero-order valence-corrected chi connectivity index (χ0v) is 23.2. The molecular formula is C32H32N4O2S. The number of carbonyl (C=O) groups is 2. The number of hydrogen-bond acceptors (Lipinski definition) is 5. The van der Waals surface area contributed by atoms with Gasteiger partial charge in [0, 0.05) is 41.4 Å². The number of benzene rings is 3. The summed E-state index contributed by atoms with van der Waals surface area (Å²) in [5.74, 6) is 0.0911. The minimum Gasteiger partial charge on any atom is -0.351 e. The molecule has 0 aliphatic heterocycles. The summed E-state index contributed by atoms with van der Waals surface area (Å²) in [5, 5.41) is 8.60. The quantitative estimate of drug-likeness (QED) is 0.317. The van der Waals surface area contributed by atoms with Crippen LogP contribution in [0.4, 0.5) is 5.13 Å². The fourth-order valence-electron chi connectivity index (χ4n) is 6.21. The van der Waals surface area contributed by atoms with Crippen molar-refractivity contribution in [1.82, 2.24) is 15.2 Å². The number of fused-ring (bicyclic) bond motifs is 1. The number of carbonyl (C=O) groups excluding carboxylic acids is 2. The van der Waals surface area contributed by atoms with Gasteiger partial charge in [0.15, 0.2) is 5.13 Å². The van der Waals surface area contributed by atoms with E-state index in [-0.39, 0.29) is 23.7 Å². The number of thiazole rings is 1. The Labute approximate surface area is 233 Å². The molecule has 3 aliphatic carbocycles. The lowest BCUT2D eigenvalue weighted by molar-refractivity contribution is -0.126. The molecule has 1 heterocycles. The maximum atomic E-state index is 13.9. The summed E-state index contributed by atoms with van der Waals surface area (Å²) in [6.45, 7) is 3.45. The van der Waals surface area contributed by atoms with E-state index in [0.29, 0.717) is 17.2 Å². The van der Waals surface area contributed by atoms with Crippen molar-refractivity contribution in [3.63, 3.8) is 0 Å². The summed E-state index contributed by atoms with van der Waals surface area (Å²) in [6, 6.07) is 24.6. The van der Waals surface area contributed by atoms with Crippen LogP contribution in [0.25, 0.3) is 11.3 Å². The lowest BCUT2D eigenvalue weighted by Gasteiger charge is -2.50. The summed E-state index contributed by atoms with van der Waals surface area (Å²) in [6.07, 6.45) is 0.765. The molecule has 7 rings (SSSR count). The van der Waals surface area contributed by atoms with Gasteiger partial charge in [0.1, 0.15) is 0 Å². The summed E-state index contributed by atoms with van der Waals surface area (Å²) >= 11 is 1.41. The van der Waals surface area contributed by atoms with Crippen molar-refractivity contribution in [2.45, 2.75) is 25.2 Å². The first-order valence-electron chi connectivity index (χ1n) is 13.3. The Morgan fingerprint density at radius 1 is 0.974 bits per heavy atom. The Hall–Kier alpha value is -3.81. The second kappa shape index (κ2) is 10.1. The molecule has 0 saturated heterocycles. The molecule has 1 atom stereocenters. The van der Waals surface area contributed by atoms with Crippen molar-refractivity contribution in [1.29, 1.82) is 0 Å². The van der Waals surface area contributed by atoms with Crippen LogP contribution >= 0.6 is 11.3 Å². The summed E-state index contributed by atoms with van der Waals surface area (Å²) in [7, 11) is 3.95. The zero-order valence-electron chi connectivity index (χ0n) is 22.4. The summed E-state index contributed by atoms with van der Waals surface area (Å²) < 4.78 is 0. The first kappa shape index (κ1) is 25.5. The molecule has 2 bridgehead atoms. The van der Waals surface area contributed by atoms with Crippen molar-refractivity contribution in [3.05, 3.63) is 106 Å². The Kier molecular flexibility index (Phi) is 6.57. The topological polar surface area (TPSA) is 74.3 Å². The van der Waals surface area contributed by atoms with E-state index in [9.17, 15) is 9.59 Å². The number of hydrogen-bond donors (Lipinski definition) is 2. The van der Waals surface area contributed by atoms with Crippen LogP contribution in [0.2, 0.25) is 0 Å². The number of rotatable bonds is 7. The lowest BCUT2D eigenvalue weighted by Crippen LogP contribution is -2.47. The highest BCUT2D eigenvalue weighted by atomic mass is 32.1. The number of amides is 2. The zero-order chi connectivity index (χ0) is 27.1. The van der Waals surface area contributed by atoms with Crippen LogP contribution in [-0.4, -0.2) is 48.9 Å². The number of aromatic nitrogens is 1. The van der Waals surface area contributed by atoms with Crippen LogP contribution in [0.3, 0.4) is 0 Å². The third kappa shape index (κ3) is 4.56. The molecule has 198 valence electrons. The summed E-state index contributed by atoms with van der Waals surface area (Å²) in [5.41, 5.74) is 6.78. The van der Waals surface area contributed by atoms with Gasteiger partial charge in [-0.2, -0.15) is 0 Å². The van der Waals surface area contributed by atoms with Crippen LogP contribution < -0.4 is 10.6 Å². The van der Waals surface area contributed by atoms with Crippen molar-refractivity contribution >= 4 is 28.3 Å². The van der Waals surface area contributed by atoms with E-state index >= 15 is 0 Å². The van der Waals surface area contributed by atoms with Crippen molar-refractivity contribution < 1.29 is 9.59 Å². The molecule has 2 amide bonds. The predicted molar refractivity (Wildman–Crippen MR) is 156 cm³/mol. The third-order valence-electron chi connectivity index (χ3n) is 8.14. The van der Waals surface area contributed by atoms with Crippen LogP contribution in [0.1, 0.15) is 57.8 Å². The van der Waals surface area contributed by atoms with Gasteiger partial charge in [-0.05, 0) is 61.8 Å². The van der Waals surface area contributed by atoms with Gasteiger partial charge in [-0.15, -0.1) is 11.3 Å². The molecule has 1 aromatic heterocycles. The minimum absolute atomic E-state index is 0.00276. The standard InChI is InChI=1S/C32H32N4O2S/c1-32(18-26-22-11-4-6-13-24(22)28(32)25-14-7-5-12-23(25)26)30(38)35-31-34-27(19-39-31)20-9-8-10-21(17-20)29(37)33-15-16-36(2)3/h4-14,17,19,26,28H,15-16,18H2,1-3H3,(H,33,37)(H,34,35,38). The van der Waals surface area contributed by atoms with Gasteiger partial charge in [-0.1, -0.05) is 60.7 Å². The van der Waals surface area contributed by atoms with E-state index in [1.807, 2.05) is 42.6 Å². The van der Waals surface area contributed by atoms with Crippen LogP contribution in [0.5, 0.6) is 0 Å². The molecule has 0 saturated carbocycles. The molecule has 0 radical (unpaired) electrons. The molecule has 2 N–H and O–H groups in total. The Morgan fingerprint density at radius 3 is 2.31 bits per heavy atom. The molecule has 3 aromatic carbocycles. The maximum absolute atomic E-state index is 13.9. The van der Waals surface area contributed by atoms with E-state index in [4.69, 9.17) is 4.98 Å². The lowest BCUT2D eigenvalue weighted by atomic mass is 9.52. The smallest absolute Gasteiger partial charge is 0.251 e. The van der Waals surface area contributed by atoms with Gasteiger partial charge < -0.3 is 15.5 Å². The molecule has 4 aromatic rings. The molecule has 6 nitrogen and oxygen atoms in total. The highest BCUT2D eigenvalue weighted by Gasteiger charge is 2.53. The van der Waals surface area contributed by atoms with Crippen molar-refractivity contribution in [2.24, 2.45) is 5.41 Å². The van der Waals surface area contributed by atoms with E-state index in [0.717, 1.165) is 24.2 Å². The van der Waals surface area contributed by atoms with Gasteiger partial charge in [0.2, 0.25) is 5.91 Å². The van der Waals surface area contributed by atoms with Crippen LogP contribution in [0.15, 0.2) is 78.2 Å². The average Bonchev–Trinajstić information content (AvgIpc) is 3.41. The second-order valence-corrected chi connectivity index (χ2v) is 11.9. The van der Waals surface area contributed by atoms with Crippen LogP contribution in [0, 0.1) is 5.41 Å². The molecule has 0 spiro atoms. The van der Waals surface area contributed by atoms with E-state index in [2.05, 4.69) is 66.1 Å². The largest absolute Gasteiger partial charge is 0.351 e. The third-order valence-corrected chi connectivity index (χ3v) is 8.90. The molecule has 39 heavy (non-hydrogen) atoms. The van der Waals surface area contributed by atoms with Gasteiger partial charge in [-0.25, -0.2) is 4.98 Å². The highest BCUT2D eigenvalue weighted by Crippen LogP contribution is 2.61. The first-order valence-corrected chi connectivity index (χ1v) is 14.2. The Balaban J connectivity index is 1.22. The fourth-order valence-corrected chi connectivity index (χ4v) is 6.92. The normalized spacial score (nSPS) is 20.8. The number of likely N-dealkylation sites (N-methyl/N-ethyl adjacent to an activating group) is 1. The first-order chi connectivity index (χ1) is 18.8. The number of anilines is 1. The molecule has 0 fully saturated rings. The Bertz CT molecular complexity index is 1510. The van der Waals surface area contributed by atoms with Gasteiger partial charge in [-0.3, -0.25) is 9.59 Å².